The van der Waals surface area contributed by atoms with Crippen molar-refractivity contribution in [2.75, 3.05) is 25.5 Å². The van der Waals surface area contributed by atoms with E-state index in [4.69, 9.17) is 10.5 Å². The molecule has 1 fully saturated rings. The van der Waals surface area contributed by atoms with Crippen molar-refractivity contribution in [3.8, 4) is 0 Å². The zero-order valence-corrected chi connectivity index (χ0v) is 11.0. The van der Waals surface area contributed by atoms with Crippen LogP contribution in [0.15, 0.2) is 12.1 Å². The Kier molecular flexibility index (Phi) is 4.37. The van der Waals surface area contributed by atoms with Gasteiger partial charge in [0.05, 0.1) is 6.61 Å². The summed E-state index contributed by atoms with van der Waals surface area (Å²) in [5.74, 6) is -0.410. The van der Waals surface area contributed by atoms with E-state index in [9.17, 15) is 9.18 Å². The summed E-state index contributed by atoms with van der Waals surface area (Å²) < 4.78 is 18.9. The standard InChI is InChI=1S/C14H19FN2O2/c1-9-12(15)5-11(6-13(9)16)14(18)17-7-10-3-2-4-19-8-10/h5-6,10H,2-4,7-8,16H2,1H3,(H,17,18). The molecule has 104 valence electrons. The van der Waals surface area contributed by atoms with Crippen molar-refractivity contribution in [3.63, 3.8) is 0 Å². The molecule has 1 saturated heterocycles. The Hall–Kier alpha value is -1.62. The minimum atomic E-state index is -0.453. The number of halogens is 1. The highest BCUT2D eigenvalue weighted by molar-refractivity contribution is 5.95. The van der Waals surface area contributed by atoms with Gasteiger partial charge in [0.25, 0.3) is 5.91 Å². The van der Waals surface area contributed by atoms with Crippen molar-refractivity contribution in [2.45, 2.75) is 19.8 Å². The summed E-state index contributed by atoms with van der Waals surface area (Å²) >= 11 is 0. The van der Waals surface area contributed by atoms with Crippen molar-refractivity contribution in [1.82, 2.24) is 5.32 Å². The van der Waals surface area contributed by atoms with E-state index in [0.29, 0.717) is 30.3 Å². The first-order valence-electron chi connectivity index (χ1n) is 6.49. The van der Waals surface area contributed by atoms with Gasteiger partial charge in [0.1, 0.15) is 5.82 Å². The van der Waals surface area contributed by atoms with Crippen LogP contribution in [0.25, 0.3) is 0 Å². The highest BCUT2D eigenvalue weighted by atomic mass is 19.1. The molecule has 1 aromatic carbocycles. The second-order valence-electron chi connectivity index (χ2n) is 4.97. The van der Waals surface area contributed by atoms with Gasteiger partial charge < -0.3 is 15.8 Å². The largest absolute Gasteiger partial charge is 0.398 e. The summed E-state index contributed by atoms with van der Waals surface area (Å²) in [5, 5.41) is 2.80. The lowest BCUT2D eigenvalue weighted by atomic mass is 10.0. The van der Waals surface area contributed by atoms with E-state index in [1.54, 1.807) is 6.92 Å². The first kappa shape index (κ1) is 13.8. The van der Waals surface area contributed by atoms with E-state index in [1.807, 2.05) is 0 Å². The van der Waals surface area contributed by atoms with Crippen molar-refractivity contribution < 1.29 is 13.9 Å². The molecule has 1 aliphatic rings. The number of hydrogen-bond acceptors (Lipinski definition) is 3. The molecule has 3 N–H and O–H groups in total. The van der Waals surface area contributed by atoms with E-state index in [2.05, 4.69) is 5.32 Å². The maximum Gasteiger partial charge on any atom is 0.251 e. The average molecular weight is 266 g/mol. The van der Waals surface area contributed by atoms with Crippen LogP contribution in [0.2, 0.25) is 0 Å². The summed E-state index contributed by atoms with van der Waals surface area (Å²) in [6, 6.07) is 2.73. The molecule has 1 aliphatic heterocycles. The highest BCUT2D eigenvalue weighted by Gasteiger charge is 2.16. The molecule has 0 aromatic heterocycles. The highest BCUT2D eigenvalue weighted by Crippen LogP contribution is 2.18. The van der Waals surface area contributed by atoms with Gasteiger partial charge in [-0.1, -0.05) is 0 Å². The normalized spacial score (nSPS) is 19.2. The molecule has 4 nitrogen and oxygen atoms in total. The molecule has 0 saturated carbocycles. The molecule has 0 spiro atoms. The zero-order valence-electron chi connectivity index (χ0n) is 11.0. The Morgan fingerprint density at radius 2 is 2.37 bits per heavy atom. The van der Waals surface area contributed by atoms with Crippen LogP contribution in [0.5, 0.6) is 0 Å². The third kappa shape index (κ3) is 3.44. The van der Waals surface area contributed by atoms with Gasteiger partial charge in [-0.3, -0.25) is 4.79 Å². The van der Waals surface area contributed by atoms with Crippen LogP contribution in [0.1, 0.15) is 28.8 Å². The quantitative estimate of drug-likeness (QED) is 0.821. The molecule has 0 aliphatic carbocycles. The van der Waals surface area contributed by atoms with E-state index in [1.165, 1.54) is 12.1 Å². The lowest BCUT2D eigenvalue weighted by molar-refractivity contribution is 0.0536. The maximum absolute atomic E-state index is 13.5. The zero-order chi connectivity index (χ0) is 13.8. The van der Waals surface area contributed by atoms with Crippen molar-refractivity contribution in [2.24, 2.45) is 5.92 Å². The smallest absolute Gasteiger partial charge is 0.251 e. The van der Waals surface area contributed by atoms with Gasteiger partial charge in [-0.05, 0) is 37.8 Å². The van der Waals surface area contributed by atoms with Crippen LogP contribution in [0, 0.1) is 18.7 Å². The Balaban J connectivity index is 1.96. The Morgan fingerprint density at radius 1 is 1.58 bits per heavy atom. The third-order valence-electron chi connectivity index (χ3n) is 3.45. The van der Waals surface area contributed by atoms with Crippen LogP contribution >= 0.6 is 0 Å². The van der Waals surface area contributed by atoms with Gasteiger partial charge in [0.2, 0.25) is 0 Å². The number of benzene rings is 1. The average Bonchev–Trinajstić information content (AvgIpc) is 2.42. The molecule has 1 aromatic rings. The molecule has 1 amide bonds. The molecular weight excluding hydrogens is 247 g/mol. The summed E-state index contributed by atoms with van der Waals surface area (Å²) in [6.07, 6.45) is 2.07. The van der Waals surface area contributed by atoms with Crippen LogP contribution in [-0.4, -0.2) is 25.7 Å². The van der Waals surface area contributed by atoms with Gasteiger partial charge in [-0.15, -0.1) is 0 Å². The number of carbonyl (C=O) groups is 1. The van der Waals surface area contributed by atoms with Gasteiger partial charge in [0.15, 0.2) is 0 Å². The number of nitrogens with one attached hydrogen (secondary N) is 1. The first-order chi connectivity index (χ1) is 9.08. The molecule has 19 heavy (non-hydrogen) atoms. The molecule has 1 unspecified atom stereocenters. The number of ether oxygens (including phenoxy) is 1. The number of hydrogen-bond donors (Lipinski definition) is 2. The Labute approximate surface area is 112 Å². The van der Waals surface area contributed by atoms with Gasteiger partial charge in [-0.25, -0.2) is 4.39 Å². The van der Waals surface area contributed by atoms with E-state index >= 15 is 0 Å². The monoisotopic (exact) mass is 266 g/mol. The Bertz CT molecular complexity index is 448. The lowest BCUT2D eigenvalue weighted by Crippen LogP contribution is -2.33. The number of nitrogens with two attached hydrogens (primary N) is 1. The predicted molar refractivity (Wildman–Crippen MR) is 71.4 cm³/mol. The molecule has 5 heteroatoms. The summed E-state index contributed by atoms with van der Waals surface area (Å²) in [5.41, 5.74) is 6.59. The second kappa shape index (κ2) is 6.02. The fourth-order valence-electron chi connectivity index (χ4n) is 2.14. The van der Waals surface area contributed by atoms with Gasteiger partial charge in [0, 0.05) is 30.0 Å². The van der Waals surface area contributed by atoms with E-state index < -0.39 is 5.82 Å². The topological polar surface area (TPSA) is 64.4 Å². The second-order valence-corrected chi connectivity index (χ2v) is 4.97. The van der Waals surface area contributed by atoms with E-state index in [0.717, 1.165) is 19.4 Å². The first-order valence-corrected chi connectivity index (χ1v) is 6.49. The number of rotatable bonds is 3. The van der Waals surface area contributed by atoms with E-state index in [-0.39, 0.29) is 11.5 Å². The fourth-order valence-corrected chi connectivity index (χ4v) is 2.14. The summed E-state index contributed by atoms with van der Waals surface area (Å²) in [4.78, 5) is 11.9. The summed E-state index contributed by atoms with van der Waals surface area (Å²) in [6.45, 7) is 3.61. The predicted octanol–water partition coefficient (Wildman–Crippen LogP) is 1.87. The SMILES string of the molecule is Cc1c(N)cc(C(=O)NCC2CCCOC2)cc1F. The number of carbonyl (C=O) groups excluding carboxylic acids is 1. The number of nitrogen functional groups attached to an aromatic ring is 1. The molecule has 1 atom stereocenters. The minimum absolute atomic E-state index is 0.261. The van der Waals surface area contributed by atoms with Crippen LogP contribution in [0.3, 0.4) is 0 Å². The van der Waals surface area contributed by atoms with Crippen molar-refractivity contribution in [3.05, 3.63) is 29.1 Å². The molecule has 0 bridgehead atoms. The maximum atomic E-state index is 13.5. The Morgan fingerprint density at radius 3 is 3.00 bits per heavy atom. The minimum Gasteiger partial charge on any atom is -0.398 e. The van der Waals surface area contributed by atoms with Crippen molar-refractivity contribution >= 4 is 11.6 Å². The van der Waals surface area contributed by atoms with Crippen LogP contribution < -0.4 is 11.1 Å². The molecule has 1 heterocycles. The molecule has 0 radical (unpaired) electrons. The van der Waals surface area contributed by atoms with Crippen LogP contribution in [0.4, 0.5) is 10.1 Å². The summed E-state index contributed by atoms with van der Waals surface area (Å²) in [7, 11) is 0. The molecule has 2 rings (SSSR count). The lowest BCUT2D eigenvalue weighted by Gasteiger charge is -2.22. The van der Waals surface area contributed by atoms with Gasteiger partial charge >= 0.3 is 0 Å². The molecular formula is C14H19FN2O2. The van der Waals surface area contributed by atoms with Crippen molar-refractivity contribution in [1.29, 1.82) is 0 Å². The number of anilines is 1. The third-order valence-corrected chi connectivity index (χ3v) is 3.45. The van der Waals surface area contributed by atoms with Crippen LogP contribution in [-0.2, 0) is 4.74 Å². The number of amides is 1. The fraction of sp³-hybridized carbons (Fsp3) is 0.500. The van der Waals surface area contributed by atoms with Gasteiger partial charge in [-0.2, -0.15) is 0 Å².